The molecule has 0 aromatic heterocycles. The Bertz CT molecular complexity index is 404. The van der Waals surface area contributed by atoms with E-state index < -0.39 is 0 Å². The third-order valence-electron chi connectivity index (χ3n) is 3.81. The summed E-state index contributed by atoms with van der Waals surface area (Å²) in [5.74, 6) is 1.65. The molecule has 1 atom stereocenters. The van der Waals surface area contributed by atoms with Gasteiger partial charge in [-0.1, -0.05) is 18.6 Å². The van der Waals surface area contributed by atoms with Crippen LogP contribution in [0.15, 0.2) is 24.3 Å². The number of para-hydroxylation sites is 2. The third kappa shape index (κ3) is 5.38. The summed E-state index contributed by atoms with van der Waals surface area (Å²) in [7, 11) is 0. The SMILES string of the molecule is CCOc1ccccc1OCCN1CCCCC1CN.Cl. The summed E-state index contributed by atoms with van der Waals surface area (Å²) in [6.07, 6.45) is 3.78. The third-order valence-corrected chi connectivity index (χ3v) is 3.81. The maximum Gasteiger partial charge on any atom is 0.161 e. The highest BCUT2D eigenvalue weighted by molar-refractivity contribution is 5.85. The van der Waals surface area contributed by atoms with Crippen LogP contribution in [0, 0.1) is 0 Å². The van der Waals surface area contributed by atoms with Crippen molar-refractivity contribution >= 4 is 12.4 Å². The van der Waals surface area contributed by atoms with Gasteiger partial charge in [-0.3, -0.25) is 4.90 Å². The van der Waals surface area contributed by atoms with E-state index in [2.05, 4.69) is 4.90 Å². The molecular formula is C16H27ClN2O2. The van der Waals surface area contributed by atoms with Gasteiger partial charge in [-0.05, 0) is 38.4 Å². The van der Waals surface area contributed by atoms with E-state index >= 15 is 0 Å². The summed E-state index contributed by atoms with van der Waals surface area (Å²) in [5.41, 5.74) is 5.84. The van der Waals surface area contributed by atoms with Crippen molar-refractivity contribution < 1.29 is 9.47 Å². The van der Waals surface area contributed by atoms with Gasteiger partial charge in [0.2, 0.25) is 0 Å². The first-order chi connectivity index (χ1) is 9.85. The number of rotatable bonds is 7. The Morgan fingerprint density at radius 3 is 2.57 bits per heavy atom. The average Bonchev–Trinajstić information content (AvgIpc) is 2.50. The zero-order valence-electron chi connectivity index (χ0n) is 12.8. The number of piperidine rings is 1. The average molecular weight is 315 g/mol. The van der Waals surface area contributed by atoms with Crippen LogP contribution in [-0.2, 0) is 0 Å². The minimum absolute atomic E-state index is 0. The van der Waals surface area contributed by atoms with Crippen LogP contribution in [-0.4, -0.2) is 43.8 Å². The fourth-order valence-electron chi connectivity index (χ4n) is 2.74. The zero-order chi connectivity index (χ0) is 14.2. The summed E-state index contributed by atoms with van der Waals surface area (Å²) in [4.78, 5) is 2.45. The summed E-state index contributed by atoms with van der Waals surface area (Å²) in [6, 6.07) is 8.37. The molecule has 0 aliphatic carbocycles. The number of nitrogens with two attached hydrogens (primary N) is 1. The Morgan fingerprint density at radius 2 is 1.90 bits per heavy atom. The van der Waals surface area contributed by atoms with Gasteiger partial charge in [-0.2, -0.15) is 0 Å². The highest BCUT2D eigenvalue weighted by atomic mass is 35.5. The van der Waals surface area contributed by atoms with E-state index in [0.29, 0.717) is 19.3 Å². The molecule has 1 heterocycles. The fraction of sp³-hybridized carbons (Fsp3) is 0.625. The normalized spacial score (nSPS) is 18.9. The first-order valence-corrected chi connectivity index (χ1v) is 7.64. The maximum absolute atomic E-state index is 5.88. The number of hydrogen-bond acceptors (Lipinski definition) is 4. The van der Waals surface area contributed by atoms with Crippen LogP contribution in [0.2, 0.25) is 0 Å². The Labute approximate surface area is 134 Å². The lowest BCUT2D eigenvalue weighted by molar-refractivity contribution is 0.126. The molecule has 21 heavy (non-hydrogen) atoms. The van der Waals surface area contributed by atoms with Crippen LogP contribution >= 0.6 is 12.4 Å². The maximum atomic E-state index is 5.88. The largest absolute Gasteiger partial charge is 0.490 e. The molecule has 1 saturated heterocycles. The van der Waals surface area contributed by atoms with Gasteiger partial charge in [0.15, 0.2) is 11.5 Å². The summed E-state index contributed by atoms with van der Waals surface area (Å²) in [5, 5.41) is 0. The van der Waals surface area contributed by atoms with Crippen molar-refractivity contribution in [1.29, 1.82) is 0 Å². The van der Waals surface area contributed by atoms with E-state index in [1.54, 1.807) is 0 Å². The molecule has 1 unspecified atom stereocenters. The molecule has 0 saturated carbocycles. The van der Waals surface area contributed by atoms with E-state index in [1.165, 1.54) is 19.3 Å². The molecule has 4 nitrogen and oxygen atoms in total. The molecule has 1 fully saturated rings. The molecule has 0 spiro atoms. The molecule has 1 aliphatic rings. The second-order valence-corrected chi connectivity index (χ2v) is 5.15. The molecular weight excluding hydrogens is 288 g/mol. The first-order valence-electron chi connectivity index (χ1n) is 7.64. The van der Waals surface area contributed by atoms with Crippen molar-refractivity contribution in [2.24, 2.45) is 5.73 Å². The monoisotopic (exact) mass is 314 g/mol. The second-order valence-electron chi connectivity index (χ2n) is 5.15. The lowest BCUT2D eigenvalue weighted by atomic mass is 10.0. The Kier molecular flexibility index (Phi) is 8.50. The highest BCUT2D eigenvalue weighted by Crippen LogP contribution is 2.26. The number of benzene rings is 1. The van der Waals surface area contributed by atoms with E-state index in [0.717, 1.165) is 31.1 Å². The van der Waals surface area contributed by atoms with Gasteiger partial charge in [0.05, 0.1) is 6.61 Å². The predicted octanol–water partition coefficient (Wildman–Crippen LogP) is 2.70. The van der Waals surface area contributed by atoms with Crippen molar-refractivity contribution in [3.8, 4) is 11.5 Å². The van der Waals surface area contributed by atoms with Crippen molar-refractivity contribution in [1.82, 2.24) is 4.90 Å². The number of nitrogens with zero attached hydrogens (tertiary/aromatic N) is 1. The van der Waals surface area contributed by atoms with E-state index in [1.807, 2.05) is 31.2 Å². The van der Waals surface area contributed by atoms with E-state index in [9.17, 15) is 0 Å². The number of halogens is 1. The molecule has 5 heteroatoms. The Balaban J connectivity index is 0.00000220. The minimum Gasteiger partial charge on any atom is -0.490 e. The summed E-state index contributed by atoms with van der Waals surface area (Å²) < 4.78 is 11.4. The summed E-state index contributed by atoms with van der Waals surface area (Å²) >= 11 is 0. The molecule has 0 radical (unpaired) electrons. The molecule has 0 amide bonds. The molecule has 1 aromatic carbocycles. The minimum atomic E-state index is 0. The van der Waals surface area contributed by atoms with Crippen LogP contribution in [0.25, 0.3) is 0 Å². The highest BCUT2D eigenvalue weighted by Gasteiger charge is 2.20. The topological polar surface area (TPSA) is 47.7 Å². The predicted molar refractivity (Wildman–Crippen MR) is 88.6 cm³/mol. The van der Waals surface area contributed by atoms with Crippen molar-refractivity contribution in [3.63, 3.8) is 0 Å². The van der Waals surface area contributed by atoms with Gasteiger partial charge in [-0.25, -0.2) is 0 Å². The Morgan fingerprint density at radius 1 is 1.19 bits per heavy atom. The van der Waals surface area contributed by atoms with Crippen molar-refractivity contribution in [3.05, 3.63) is 24.3 Å². The van der Waals surface area contributed by atoms with Crippen molar-refractivity contribution in [2.45, 2.75) is 32.2 Å². The lowest BCUT2D eigenvalue weighted by Gasteiger charge is -2.34. The quantitative estimate of drug-likeness (QED) is 0.840. The first kappa shape index (κ1) is 18.1. The molecule has 120 valence electrons. The van der Waals surface area contributed by atoms with Gasteiger partial charge in [-0.15, -0.1) is 12.4 Å². The number of hydrogen-bond donors (Lipinski definition) is 1. The molecule has 1 aromatic rings. The van der Waals surface area contributed by atoms with Gasteiger partial charge >= 0.3 is 0 Å². The van der Waals surface area contributed by atoms with Gasteiger partial charge in [0, 0.05) is 19.1 Å². The molecule has 2 rings (SSSR count). The van der Waals surface area contributed by atoms with Crippen LogP contribution in [0.1, 0.15) is 26.2 Å². The smallest absolute Gasteiger partial charge is 0.161 e. The van der Waals surface area contributed by atoms with Gasteiger partial charge < -0.3 is 15.2 Å². The van der Waals surface area contributed by atoms with Crippen LogP contribution in [0.4, 0.5) is 0 Å². The Hall–Kier alpha value is -0.970. The molecule has 1 aliphatic heterocycles. The fourth-order valence-corrected chi connectivity index (χ4v) is 2.74. The van der Waals surface area contributed by atoms with E-state index in [-0.39, 0.29) is 12.4 Å². The van der Waals surface area contributed by atoms with Gasteiger partial charge in [0.1, 0.15) is 6.61 Å². The van der Waals surface area contributed by atoms with E-state index in [4.69, 9.17) is 15.2 Å². The number of ether oxygens (including phenoxy) is 2. The summed E-state index contributed by atoms with van der Waals surface area (Å²) in [6.45, 7) is 6.13. The zero-order valence-corrected chi connectivity index (χ0v) is 13.6. The van der Waals surface area contributed by atoms with Crippen LogP contribution in [0.5, 0.6) is 11.5 Å². The second kappa shape index (κ2) is 9.87. The number of likely N-dealkylation sites (tertiary alicyclic amines) is 1. The molecule has 2 N–H and O–H groups in total. The van der Waals surface area contributed by atoms with Crippen LogP contribution in [0.3, 0.4) is 0 Å². The standard InChI is InChI=1S/C16H26N2O2.ClH/c1-2-19-15-8-3-4-9-16(15)20-12-11-18-10-6-5-7-14(18)13-17;/h3-4,8-9,14H,2,5-7,10-13,17H2,1H3;1H. The van der Waals surface area contributed by atoms with Gasteiger partial charge in [0.25, 0.3) is 0 Å². The van der Waals surface area contributed by atoms with Crippen LogP contribution < -0.4 is 15.2 Å². The lowest BCUT2D eigenvalue weighted by Crippen LogP contribution is -2.45. The van der Waals surface area contributed by atoms with Crippen molar-refractivity contribution in [2.75, 3.05) is 32.8 Å². The molecule has 0 bridgehead atoms.